The molecule has 0 radical (unpaired) electrons. The Morgan fingerprint density at radius 2 is 2.11 bits per heavy atom. The van der Waals surface area contributed by atoms with Crippen molar-refractivity contribution < 1.29 is 18.8 Å². The number of ether oxygens (including phenoxy) is 1. The zero-order valence-electron chi connectivity index (χ0n) is 16.1. The highest BCUT2D eigenvalue weighted by molar-refractivity contribution is 5.94. The number of amides is 2. The average Bonchev–Trinajstić information content (AvgIpc) is 2.99. The third kappa shape index (κ3) is 3.94. The second kappa shape index (κ2) is 7.38. The summed E-state index contributed by atoms with van der Waals surface area (Å²) in [6.45, 7) is 8.82. The SMILES string of the molecule is CC(=O)N1c2ccc(-c3noc(C)n3)cc2[C@H](NC(=O)OC(C)C)C[C@@H]1C. The number of nitrogens with one attached hydrogen (secondary N) is 1. The van der Waals surface area contributed by atoms with Gasteiger partial charge in [-0.1, -0.05) is 5.16 Å². The van der Waals surface area contributed by atoms with Crippen LogP contribution in [0.25, 0.3) is 11.4 Å². The molecule has 1 aliphatic rings. The molecule has 0 aliphatic carbocycles. The van der Waals surface area contributed by atoms with E-state index < -0.39 is 6.09 Å². The lowest BCUT2D eigenvalue weighted by Crippen LogP contribution is -2.45. The molecular weight excluding hydrogens is 348 g/mol. The van der Waals surface area contributed by atoms with Crippen molar-refractivity contribution in [1.82, 2.24) is 15.5 Å². The average molecular weight is 372 g/mol. The van der Waals surface area contributed by atoms with Crippen LogP contribution in [-0.4, -0.2) is 34.3 Å². The predicted molar refractivity (Wildman–Crippen MR) is 99.2 cm³/mol. The molecule has 144 valence electrons. The summed E-state index contributed by atoms with van der Waals surface area (Å²) in [5.74, 6) is 0.888. The van der Waals surface area contributed by atoms with Crippen molar-refractivity contribution in [3.8, 4) is 11.4 Å². The lowest BCUT2D eigenvalue weighted by Gasteiger charge is -2.39. The maximum absolute atomic E-state index is 12.2. The molecule has 0 saturated heterocycles. The van der Waals surface area contributed by atoms with Crippen LogP contribution in [0.4, 0.5) is 10.5 Å². The van der Waals surface area contributed by atoms with Gasteiger partial charge in [0.2, 0.25) is 17.6 Å². The van der Waals surface area contributed by atoms with Crippen molar-refractivity contribution in [3.05, 3.63) is 29.7 Å². The molecule has 2 atom stereocenters. The number of nitrogens with zero attached hydrogens (tertiary/aromatic N) is 3. The first-order valence-corrected chi connectivity index (χ1v) is 8.97. The molecule has 1 aliphatic heterocycles. The van der Waals surface area contributed by atoms with E-state index in [2.05, 4.69) is 15.5 Å². The lowest BCUT2D eigenvalue weighted by atomic mass is 9.90. The Hall–Kier alpha value is -2.90. The summed E-state index contributed by atoms with van der Waals surface area (Å²) in [6, 6.07) is 5.25. The van der Waals surface area contributed by atoms with Gasteiger partial charge in [-0.05, 0) is 51.0 Å². The number of fused-ring (bicyclic) bond motifs is 1. The number of alkyl carbamates (subject to hydrolysis) is 1. The fraction of sp³-hybridized carbons (Fsp3) is 0.474. The smallest absolute Gasteiger partial charge is 0.407 e. The van der Waals surface area contributed by atoms with Gasteiger partial charge in [0.25, 0.3) is 0 Å². The summed E-state index contributed by atoms with van der Waals surface area (Å²) in [6.07, 6.45) is -0.118. The van der Waals surface area contributed by atoms with Gasteiger partial charge in [0, 0.05) is 31.1 Å². The highest BCUT2D eigenvalue weighted by Gasteiger charge is 2.34. The van der Waals surface area contributed by atoms with Crippen LogP contribution >= 0.6 is 0 Å². The molecule has 0 saturated carbocycles. The van der Waals surface area contributed by atoms with Gasteiger partial charge in [0.15, 0.2) is 0 Å². The molecule has 2 aromatic rings. The quantitative estimate of drug-likeness (QED) is 0.887. The van der Waals surface area contributed by atoms with E-state index in [1.165, 1.54) is 6.92 Å². The van der Waals surface area contributed by atoms with Gasteiger partial charge in [0.05, 0.1) is 12.1 Å². The minimum absolute atomic E-state index is 0.0462. The molecule has 2 amide bonds. The molecule has 2 heterocycles. The molecule has 0 unspecified atom stereocenters. The number of carbonyl (C=O) groups is 2. The van der Waals surface area contributed by atoms with Crippen LogP contribution in [0.1, 0.15) is 51.6 Å². The van der Waals surface area contributed by atoms with E-state index in [4.69, 9.17) is 9.26 Å². The third-order valence-corrected chi connectivity index (χ3v) is 4.44. The van der Waals surface area contributed by atoms with Gasteiger partial charge < -0.3 is 19.5 Å². The van der Waals surface area contributed by atoms with Gasteiger partial charge in [-0.3, -0.25) is 4.79 Å². The van der Waals surface area contributed by atoms with Crippen LogP contribution in [0.5, 0.6) is 0 Å². The molecule has 1 N–H and O–H groups in total. The highest BCUT2D eigenvalue weighted by atomic mass is 16.6. The van der Waals surface area contributed by atoms with Crippen LogP contribution < -0.4 is 10.2 Å². The van der Waals surface area contributed by atoms with Crippen LogP contribution in [0.2, 0.25) is 0 Å². The number of benzene rings is 1. The summed E-state index contributed by atoms with van der Waals surface area (Å²) in [5.41, 5.74) is 2.34. The van der Waals surface area contributed by atoms with Gasteiger partial charge in [0.1, 0.15) is 0 Å². The number of anilines is 1. The second-order valence-electron chi connectivity index (χ2n) is 7.04. The van der Waals surface area contributed by atoms with Crippen LogP contribution in [-0.2, 0) is 9.53 Å². The molecule has 3 rings (SSSR count). The fourth-order valence-corrected chi connectivity index (χ4v) is 3.43. The topological polar surface area (TPSA) is 97.6 Å². The minimum atomic E-state index is -0.481. The van der Waals surface area contributed by atoms with Gasteiger partial charge in [-0.2, -0.15) is 4.98 Å². The second-order valence-corrected chi connectivity index (χ2v) is 7.04. The van der Waals surface area contributed by atoms with Gasteiger partial charge in [-0.15, -0.1) is 0 Å². The Kier molecular flexibility index (Phi) is 5.16. The van der Waals surface area contributed by atoms with Crippen LogP contribution in [0.15, 0.2) is 22.7 Å². The highest BCUT2D eigenvalue weighted by Crippen LogP contribution is 2.39. The summed E-state index contributed by atoms with van der Waals surface area (Å²) in [4.78, 5) is 30.3. The molecule has 1 aromatic heterocycles. The van der Waals surface area contributed by atoms with Crippen molar-refractivity contribution in [1.29, 1.82) is 0 Å². The molecule has 0 spiro atoms. The number of aromatic nitrogens is 2. The van der Waals surface area contributed by atoms with E-state index in [0.717, 1.165) is 16.8 Å². The Balaban J connectivity index is 2.01. The lowest BCUT2D eigenvalue weighted by molar-refractivity contribution is -0.117. The number of hydrogen-bond acceptors (Lipinski definition) is 6. The van der Waals surface area contributed by atoms with E-state index in [0.29, 0.717) is 18.1 Å². The number of carbonyl (C=O) groups excluding carboxylic acids is 2. The maximum Gasteiger partial charge on any atom is 0.407 e. The van der Waals surface area contributed by atoms with E-state index >= 15 is 0 Å². The zero-order chi connectivity index (χ0) is 19.7. The minimum Gasteiger partial charge on any atom is -0.447 e. The molecule has 27 heavy (non-hydrogen) atoms. The summed E-state index contributed by atoms with van der Waals surface area (Å²) in [7, 11) is 0. The fourth-order valence-electron chi connectivity index (χ4n) is 3.43. The number of aryl methyl sites for hydroxylation is 1. The summed E-state index contributed by atoms with van der Waals surface area (Å²) in [5, 5.41) is 6.87. The number of rotatable bonds is 3. The van der Waals surface area contributed by atoms with Crippen molar-refractivity contribution in [2.75, 3.05) is 4.90 Å². The first-order valence-electron chi connectivity index (χ1n) is 8.97. The monoisotopic (exact) mass is 372 g/mol. The molecular formula is C19H24N4O4. The molecule has 0 bridgehead atoms. The Bertz CT molecular complexity index is 861. The zero-order valence-corrected chi connectivity index (χ0v) is 16.1. The Labute approximate surface area is 157 Å². The Morgan fingerprint density at radius 3 is 2.70 bits per heavy atom. The van der Waals surface area contributed by atoms with Gasteiger partial charge >= 0.3 is 6.09 Å². The van der Waals surface area contributed by atoms with Crippen molar-refractivity contribution in [3.63, 3.8) is 0 Å². The maximum atomic E-state index is 12.2. The van der Waals surface area contributed by atoms with E-state index in [9.17, 15) is 9.59 Å². The molecule has 8 heteroatoms. The standard InChI is InChI=1S/C19H24N4O4/c1-10(2)26-19(25)21-16-8-11(3)23(13(5)24)17-7-6-14(9-15(16)17)18-20-12(4)27-22-18/h6-7,9-11,16H,8H2,1-5H3,(H,21,25)/t11-,16+/m0/s1. The van der Waals surface area contributed by atoms with Crippen molar-refractivity contribution >= 4 is 17.7 Å². The van der Waals surface area contributed by atoms with E-state index in [1.54, 1.807) is 25.7 Å². The third-order valence-electron chi connectivity index (χ3n) is 4.44. The summed E-state index contributed by atoms with van der Waals surface area (Å²) >= 11 is 0. The van der Waals surface area contributed by atoms with Gasteiger partial charge in [-0.25, -0.2) is 4.79 Å². The van der Waals surface area contributed by atoms with E-state index in [-0.39, 0.29) is 24.1 Å². The normalized spacial score (nSPS) is 19.0. The first-order chi connectivity index (χ1) is 12.8. The first kappa shape index (κ1) is 18.9. The van der Waals surface area contributed by atoms with Crippen molar-refractivity contribution in [2.24, 2.45) is 0 Å². The predicted octanol–water partition coefficient (Wildman–Crippen LogP) is 3.37. The van der Waals surface area contributed by atoms with Crippen LogP contribution in [0.3, 0.4) is 0 Å². The molecule has 0 fully saturated rings. The van der Waals surface area contributed by atoms with Crippen molar-refractivity contribution in [2.45, 2.75) is 59.2 Å². The Morgan fingerprint density at radius 1 is 1.37 bits per heavy atom. The molecule has 8 nitrogen and oxygen atoms in total. The largest absolute Gasteiger partial charge is 0.447 e. The van der Waals surface area contributed by atoms with E-state index in [1.807, 2.05) is 25.1 Å². The molecule has 1 aromatic carbocycles. The van der Waals surface area contributed by atoms with Crippen LogP contribution in [0, 0.1) is 6.92 Å². The summed E-state index contributed by atoms with van der Waals surface area (Å²) < 4.78 is 10.3. The number of hydrogen-bond donors (Lipinski definition) is 1.